The van der Waals surface area contributed by atoms with Gasteiger partial charge in [-0.15, -0.1) is 0 Å². The number of unbranched alkanes of at least 4 members (excludes halogenated alkanes) is 1. The third kappa shape index (κ3) is 18.6. The van der Waals surface area contributed by atoms with E-state index in [2.05, 4.69) is 52.5 Å². The molecule has 452 valence electrons. The molecule has 2 aromatic heterocycles. The number of carbonyl (C=O) groups excluding carboxylic acids is 9. The minimum atomic E-state index is -1.44. The number of para-hydroxylation sites is 2. The molecule has 0 bridgehead atoms. The summed E-state index contributed by atoms with van der Waals surface area (Å²) in [5.41, 5.74) is 15.9. The van der Waals surface area contributed by atoms with Gasteiger partial charge in [0.15, 0.2) is 0 Å². The number of hydrogen-bond donors (Lipinski definition) is 13. The van der Waals surface area contributed by atoms with Gasteiger partial charge < -0.3 is 69.1 Å². The Morgan fingerprint density at radius 3 is 1.86 bits per heavy atom. The molecule has 24 heteroatoms. The highest BCUT2D eigenvalue weighted by molar-refractivity contribution is 8.76. The van der Waals surface area contributed by atoms with Crippen LogP contribution in [0.4, 0.5) is 0 Å². The van der Waals surface area contributed by atoms with Crippen molar-refractivity contribution in [3.05, 3.63) is 138 Å². The van der Waals surface area contributed by atoms with Gasteiger partial charge in [0.1, 0.15) is 54.1 Å². The van der Waals surface area contributed by atoms with Crippen LogP contribution in [0.3, 0.4) is 0 Å². The zero-order valence-corrected chi connectivity index (χ0v) is 49.4. The summed E-state index contributed by atoms with van der Waals surface area (Å²) >= 11 is 0. The van der Waals surface area contributed by atoms with Crippen molar-refractivity contribution in [2.45, 2.75) is 127 Å². The van der Waals surface area contributed by atoms with E-state index in [9.17, 15) is 38.7 Å². The van der Waals surface area contributed by atoms with Crippen molar-refractivity contribution in [2.75, 3.05) is 18.1 Å². The predicted octanol–water partition coefficient (Wildman–Crippen LogP) is 2.97. The molecule has 0 aliphatic carbocycles. The molecule has 3 heterocycles. The summed E-state index contributed by atoms with van der Waals surface area (Å²) in [6.07, 6.45) is 4.73. The number of carbonyl (C=O) groups is 9. The number of hydrogen-bond acceptors (Lipinski definition) is 13. The van der Waals surface area contributed by atoms with E-state index in [0.717, 1.165) is 49.0 Å². The van der Waals surface area contributed by atoms with Gasteiger partial charge in [-0.25, -0.2) is 0 Å². The summed E-state index contributed by atoms with van der Waals surface area (Å²) in [6, 6.07) is 19.0. The van der Waals surface area contributed by atoms with E-state index in [1.54, 1.807) is 62.6 Å². The quantitative estimate of drug-likeness (QED) is 0.0365. The number of amides is 9. The number of phenolic OH excluding ortho intramolecular Hbond substituents is 1. The molecule has 6 aromatic rings. The number of aromatic amines is 2. The van der Waals surface area contributed by atoms with Crippen LogP contribution in [0.5, 0.6) is 5.75 Å². The van der Waals surface area contributed by atoms with Gasteiger partial charge in [-0.2, -0.15) is 0 Å². The van der Waals surface area contributed by atoms with E-state index in [1.165, 1.54) is 12.1 Å². The second-order valence-corrected chi connectivity index (χ2v) is 24.0. The minimum absolute atomic E-state index is 0.00928. The van der Waals surface area contributed by atoms with Crippen molar-refractivity contribution in [2.24, 2.45) is 17.4 Å². The van der Waals surface area contributed by atoms with Gasteiger partial charge in [0.2, 0.25) is 53.2 Å². The standard InChI is InChI=1S/C61H76N12O10S2/c1-4-14-52(75)66-47(27-36-15-6-5-7-16-36)56(78)71-50-33-84-85-34-51(59(81)68-46(54(63)76)29-38-31-64-43-19-10-8-17-41(38)43)72-61(83)53(35(2)3)73-55(77)45(21-12-13-26-62)67-58(80)49(30-39-32-65-44-20-11-9-18-42(39)44)70-57(79)48(69-60(50)82)28-37-22-24-40(74)25-23-37/h5-11,15-20,22-25,31-32,35,45-51,53,64-65,74H,4,12-14,21,26-30,33-34,62H2,1-3H3,(H2,63,76)(H,66,75)(H,67,80)(H,68,81)(H,69,82)(H,70,79)(H,71,78)(H,72,83)(H,73,77)/t45-,46-,47+,48?,49+,50?,51-,53?/m0/s1. The van der Waals surface area contributed by atoms with Gasteiger partial charge in [0.05, 0.1) is 0 Å². The normalized spacial score (nSPS) is 20.2. The first-order chi connectivity index (χ1) is 40.9. The highest BCUT2D eigenvalue weighted by Gasteiger charge is 2.37. The SMILES string of the molecule is CCCC(=O)N[C@H](Cc1ccccc1)C(=O)NC1CSSC[C@@H](C(=O)N[C@@H](Cc2c[nH]c3ccccc23)C(N)=O)NC(=O)C(C(C)C)NC(=O)[C@H](CCCCN)NC(=O)[C@@H](Cc2c[nH]c3ccccc23)NC(=O)C(Cc2ccc(O)cc2)NC1=O. The lowest BCUT2D eigenvalue weighted by Crippen LogP contribution is -2.62. The van der Waals surface area contributed by atoms with E-state index in [0.29, 0.717) is 36.0 Å². The first-order valence-electron chi connectivity index (χ1n) is 28.5. The third-order valence-electron chi connectivity index (χ3n) is 14.6. The van der Waals surface area contributed by atoms with Gasteiger partial charge >= 0.3 is 0 Å². The van der Waals surface area contributed by atoms with Crippen molar-refractivity contribution >= 4 is 96.6 Å². The fourth-order valence-corrected chi connectivity index (χ4v) is 12.2. The lowest BCUT2D eigenvalue weighted by Gasteiger charge is -2.29. The Kier molecular flexibility index (Phi) is 23.8. The summed E-state index contributed by atoms with van der Waals surface area (Å²) < 4.78 is 0. The molecular formula is C61H76N12O10S2. The number of primary amides is 1. The molecule has 7 rings (SSSR count). The Morgan fingerprint density at radius 2 is 1.21 bits per heavy atom. The van der Waals surface area contributed by atoms with Gasteiger partial charge in [0, 0.05) is 77.8 Å². The maximum atomic E-state index is 15.0. The van der Waals surface area contributed by atoms with E-state index in [4.69, 9.17) is 11.5 Å². The highest BCUT2D eigenvalue weighted by Crippen LogP contribution is 2.26. The smallest absolute Gasteiger partial charge is 0.244 e. The number of aromatic nitrogens is 2. The van der Waals surface area contributed by atoms with Gasteiger partial charge in [-0.3, -0.25) is 43.2 Å². The molecule has 15 N–H and O–H groups in total. The van der Waals surface area contributed by atoms with Crippen molar-refractivity contribution in [1.29, 1.82) is 0 Å². The molecule has 3 unspecified atom stereocenters. The van der Waals surface area contributed by atoms with Crippen LogP contribution < -0.4 is 54.0 Å². The summed E-state index contributed by atoms with van der Waals surface area (Å²) in [4.78, 5) is 136. The largest absolute Gasteiger partial charge is 0.508 e. The van der Waals surface area contributed by atoms with Crippen molar-refractivity contribution in [3.8, 4) is 5.75 Å². The van der Waals surface area contributed by atoms with E-state index in [-0.39, 0.29) is 62.3 Å². The molecule has 4 aromatic carbocycles. The molecular weight excluding hydrogens is 1120 g/mol. The molecule has 85 heavy (non-hydrogen) atoms. The Labute approximate surface area is 500 Å². The van der Waals surface area contributed by atoms with Crippen LogP contribution in [0.1, 0.15) is 75.1 Å². The van der Waals surface area contributed by atoms with Crippen LogP contribution in [0.2, 0.25) is 0 Å². The topological polar surface area (TPSA) is 354 Å². The van der Waals surface area contributed by atoms with E-state index >= 15 is 9.59 Å². The Hall–Kier alpha value is -8.35. The lowest BCUT2D eigenvalue weighted by atomic mass is 10.00. The van der Waals surface area contributed by atoms with Gasteiger partial charge in [-0.05, 0) is 84.7 Å². The number of benzene rings is 4. The molecule has 0 radical (unpaired) electrons. The number of fused-ring (bicyclic) bond motifs is 2. The zero-order valence-electron chi connectivity index (χ0n) is 47.7. The molecule has 8 atom stereocenters. The predicted molar refractivity (Wildman–Crippen MR) is 328 cm³/mol. The number of aromatic hydroxyl groups is 1. The monoisotopic (exact) mass is 1200 g/mol. The summed E-state index contributed by atoms with van der Waals surface area (Å²) in [7, 11) is 2.08. The average Bonchev–Trinajstić information content (AvgIpc) is 3.94. The maximum Gasteiger partial charge on any atom is 0.244 e. The van der Waals surface area contributed by atoms with Crippen LogP contribution in [-0.2, 0) is 68.8 Å². The first-order valence-corrected chi connectivity index (χ1v) is 31.0. The lowest BCUT2D eigenvalue weighted by molar-refractivity contribution is -0.136. The van der Waals surface area contributed by atoms with Crippen molar-refractivity contribution in [3.63, 3.8) is 0 Å². The molecule has 22 nitrogen and oxygen atoms in total. The number of H-pyrrole nitrogens is 2. The number of nitrogens with one attached hydrogen (secondary N) is 10. The molecule has 1 fully saturated rings. The molecule has 1 aliphatic heterocycles. The third-order valence-corrected chi connectivity index (χ3v) is 17.0. The number of phenols is 1. The Bertz CT molecular complexity index is 3280. The fraction of sp³-hybridized carbons (Fsp3) is 0.393. The van der Waals surface area contributed by atoms with Crippen LogP contribution in [0.25, 0.3) is 21.8 Å². The molecule has 1 saturated heterocycles. The number of rotatable bonds is 21. The maximum absolute atomic E-state index is 15.0. The number of nitrogens with two attached hydrogens (primary N) is 2. The zero-order chi connectivity index (χ0) is 61.0. The van der Waals surface area contributed by atoms with Crippen molar-refractivity contribution in [1.82, 2.24) is 52.5 Å². The average molecular weight is 1200 g/mol. The fourth-order valence-electron chi connectivity index (χ4n) is 9.87. The van der Waals surface area contributed by atoms with Gasteiger partial charge in [0.25, 0.3) is 0 Å². The van der Waals surface area contributed by atoms with E-state index in [1.807, 2.05) is 61.5 Å². The Morgan fingerprint density at radius 1 is 0.624 bits per heavy atom. The molecule has 1 aliphatic rings. The van der Waals surface area contributed by atoms with Crippen molar-refractivity contribution < 1.29 is 48.3 Å². The summed E-state index contributed by atoms with van der Waals surface area (Å²) in [6.45, 7) is 5.48. The van der Waals surface area contributed by atoms with Crippen LogP contribution in [0.15, 0.2) is 116 Å². The second kappa shape index (κ2) is 31.5. The van der Waals surface area contributed by atoms with Crippen LogP contribution in [0, 0.1) is 5.92 Å². The molecule has 0 saturated carbocycles. The highest BCUT2D eigenvalue weighted by atomic mass is 33.1. The first kappa shape index (κ1) is 64.2. The van der Waals surface area contributed by atoms with Gasteiger partial charge in [-0.1, -0.05) is 121 Å². The second-order valence-electron chi connectivity index (χ2n) is 21.4. The van der Waals surface area contributed by atoms with Crippen LogP contribution >= 0.6 is 21.6 Å². The molecule has 0 spiro atoms. The molecule has 9 amide bonds. The summed E-state index contributed by atoms with van der Waals surface area (Å²) in [5.74, 6) is -7.76. The van der Waals surface area contributed by atoms with Crippen LogP contribution in [-0.4, -0.2) is 135 Å². The van der Waals surface area contributed by atoms with E-state index < -0.39 is 107 Å². The minimum Gasteiger partial charge on any atom is -0.508 e. The summed E-state index contributed by atoms with van der Waals surface area (Å²) in [5, 5.41) is 34.3. The Balaban J connectivity index is 1.28.